The molecule has 0 spiro atoms. The van der Waals surface area contributed by atoms with Crippen molar-refractivity contribution in [1.29, 1.82) is 0 Å². The van der Waals surface area contributed by atoms with Gasteiger partial charge in [0.05, 0.1) is 0 Å². The highest BCUT2D eigenvalue weighted by molar-refractivity contribution is 4.87. The van der Waals surface area contributed by atoms with Gasteiger partial charge in [-0.3, -0.25) is 0 Å². The Bertz CT molecular complexity index is 247. The molecular weight excluding hydrogens is 166 g/mol. The standard InChI is InChI=1S/C9H17N3O/c1-3-7(2)6-9-11-8(4-5-10)12-13-9/h7H,3-6,10H2,1-2H3. The van der Waals surface area contributed by atoms with Crippen molar-refractivity contribution in [2.24, 2.45) is 11.7 Å². The van der Waals surface area contributed by atoms with Crippen LogP contribution in [0.25, 0.3) is 0 Å². The molecule has 0 aliphatic rings. The van der Waals surface area contributed by atoms with E-state index in [1.807, 2.05) is 0 Å². The molecule has 0 aromatic carbocycles. The molecule has 4 nitrogen and oxygen atoms in total. The van der Waals surface area contributed by atoms with Crippen molar-refractivity contribution in [2.45, 2.75) is 33.1 Å². The van der Waals surface area contributed by atoms with Crippen LogP contribution in [-0.4, -0.2) is 16.7 Å². The van der Waals surface area contributed by atoms with Gasteiger partial charge in [0.15, 0.2) is 5.82 Å². The van der Waals surface area contributed by atoms with Gasteiger partial charge in [-0.05, 0) is 12.5 Å². The van der Waals surface area contributed by atoms with Crippen LogP contribution in [0.4, 0.5) is 0 Å². The highest BCUT2D eigenvalue weighted by Crippen LogP contribution is 2.09. The predicted molar refractivity (Wildman–Crippen MR) is 50.2 cm³/mol. The quantitative estimate of drug-likeness (QED) is 0.744. The Morgan fingerprint density at radius 3 is 2.92 bits per heavy atom. The Morgan fingerprint density at radius 1 is 1.54 bits per heavy atom. The fraction of sp³-hybridized carbons (Fsp3) is 0.778. The van der Waals surface area contributed by atoms with Gasteiger partial charge >= 0.3 is 0 Å². The zero-order valence-electron chi connectivity index (χ0n) is 8.29. The number of nitrogens with two attached hydrogens (primary N) is 1. The molecule has 1 unspecified atom stereocenters. The first kappa shape index (κ1) is 10.2. The van der Waals surface area contributed by atoms with E-state index in [2.05, 4.69) is 24.0 Å². The van der Waals surface area contributed by atoms with Crippen LogP contribution >= 0.6 is 0 Å². The Labute approximate surface area is 78.5 Å². The van der Waals surface area contributed by atoms with Crippen LogP contribution in [0.3, 0.4) is 0 Å². The lowest BCUT2D eigenvalue weighted by Gasteiger charge is -2.01. The van der Waals surface area contributed by atoms with Crippen LogP contribution in [-0.2, 0) is 12.8 Å². The summed E-state index contributed by atoms with van der Waals surface area (Å²) in [7, 11) is 0. The summed E-state index contributed by atoms with van der Waals surface area (Å²) >= 11 is 0. The molecule has 1 rings (SSSR count). The summed E-state index contributed by atoms with van der Waals surface area (Å²) in [6.45, 7) is 4.90. The maximum absolute atomic E-state index is 5.38. The van der Waals surface area contributed by atoms with Gasteiger partial charge in [-0.15, -0.1) is 0 Å². The van der Waals surface area contributed by atoms with E-state index in [4.69, 9.17) is 10.3 Å². The Hall–Kier alpha value is -0.900. The fourth-order valence-electron chi connectivity index (χ4n) is 1.05. The molecule has 0 bridgehead atoms. The lowest BCUT2D eigenvalue weighted by atomic mass is 10.1. The van der Waals surface area contributed by atoms with E-state index in [1.54, 1.807) is 0 Å². The number of aromatic nitrogens is 2. The smallest absolute Gasteiger partial charge is 0.226 e. The molecule has 0 aliphatic carbocycles. The highest BCUT2D eigenvalue weighted by Gasteiger charge is 2.08. The lowest BCUT2D eigenvalue weighted by Crippen LogP contribution is -2.04. The molecule has 1 heterocycles. The topological polar surface area (TPSA) is 64.9 Å². The minimum atomic E-state index is 0.572. The number of nitrogens with zero attached hydrogens (tertiary/aromatic N) is 2. The normalized spacial score (nSPS) is 13.2. The van der Waals surface area contributed by atoms with Gasteiger partial charge in [-0.25, -0.2) is 0 Å². The van der Waals surface area contributed by atoms with E-state index in [-0.39, 0.29) is 0 Å². The molecule has 1 aromatic rings. The minimum absolute atomic E-state index is 0.572. The molecule has 0 aliphatic heterocycles. The maximum atomic E-state index is 5.38. The first-order chi connectivity index (χ1) is 6.26. The van der Waals surface area contributed by atoms with Crippen LogP contribution in [0.15, 0.2) is 4.52 Å². The molecular formula is C9H17N3O. The van der Waals surface area contributed by atoms with Gasteiger partial charge < -0.3 is 10.3 Å². The molecule has 1 aromatic heterocycles. The summed E-state index contributed by atoms with van der Waals surface area (Å²) in [6.07, 6.45) is 2.70. The SMILES string of the molecule is CCC(C)Cc1nc(CCN)no1. The molecule has 74 valence electrons. The number of rotatable bonds is 5. The third kappa shape index (κ3) is 3.14. The summed E-state index contributed by atoms with van der Waals surface area (Å²) in [5.74, 6) is 2.06. The second-order valence-corrected chi connectivity index (χ2v) is 3.36. The Morgan fingerprint density at radius 2 is 2.31 bits per heavy atom. The van der Waals surface area contributed by atoms with Crippen molar-refractivity contribution >= 4 is 0 Å². The fourth-order valence-corrected chi connectivity index (χ4v) is 1.05. The van der Waals surface area contributed by atoms with Crippen LogP contribution in [0.5, 0.6) is 0 Å². The van der Waals surface area contributed by atoms with Gasteiger partial charge in [0, 0.05) is 12.8 Å². The van der Waals surface area contributed by atoms with Crippen molar-refractivity contribution in [3.8, 4) is 0 Å². The lowest BCUT2D eigenvalue weighted by molar-refractivity contribution is 0.352. The second kappa shape index (κ2) is 4.97. The van der Waals surface area contributed by atoms with Crippen molar-refractivity contribution < 1.29 is 4.52 Å². The van der Waals surface area contributed by atoms with E-state index < -0.39 is 0 Å². The van der Waals surface area contributed by atoms with Gasteiger partial charge in [-0.1, -0.05) is 25.4 Å². The third-order valence-electron chi connectivity index (χ3n) is 2.10. The third-order valence-corrected chi connectivity index (χ3v) is 2.10. The molecule has 0 amide bonds. The molecule has 2 N–H and O–H groups in total. The van der Waals surface area contributed by atoms with E-state index in [1.165, 1.54) is 0 Å². The zero-order valence-corrected chi connectivity index (χ0v) is 8.29. The van der Waals surface area contributed by atoms with Crippen molar-refractivity contribution in [3.05, 3.63) is 11.7 Å². The Balaban J connectivity index is 2.48. The first-order valence-corrected chi connectivity index (χ1v) is 4.77. The second-order valence-electron chi connectivity index (χ2n) is 3.36. The van der Waals surface area contributed by atoms with Gasteiger partial charge in [0.25, 0.3) is 0 Å². The summed E-state index contributed by atoms with van der Waals surface area (Å²) in [5, 5.41) is 3.83. The molecule has 0 saturated carbocycles. The molecule has 0 saturated heterocycles. The summed E-state index contributed by atoms with van der Waals surface area (Å²) in [4.78, 5) is 4.23. The minimum Gasteiger partial charge on any atom is -0.339 e. The monoisotopic (exact) mass is 183 g/mol. The predicted octanol–water partition coefficient (Wildman–Crippen LogP) is 1.16. The number of hydrogen-bond acceptors (Lipinski definition) is 4. The first-order valence-electron chi connectivity index (χ1n) is 4.77. The van der Waals surface area contributed by atoms with Crippen LogP contribution in [0.2, 0.25) is 0 Å². The Kier molecular flexibility index (Phi) is 3.89. The molecule has 0 fully saturated rings. The van der Waals surface area contributed by atoms with Crippen molar-refractivity contribution in [1.82, 2.24) is 10.1 Å². The molecule has 0 radical (unpaired) electrons. The molecule has 13 heavy (non-hydrogen) atoms. The van der Waals surface area contributed by atoms with Gasteiger partial charge in [0.1, 0.15) is 0 Å². The zero-order chi connectivity index (χ0) is 9.68. The molecule has 4 heteroatoms. The summed E-state index contributed by atoms with van der Waals surface area (Å²) in [5.41, 5.74) is 5.38. The van der Waals surface area contributed by atoms with Crippen LogP contribution in [0, 0.1) is 5.92 Å². The van der Waals surface area contributed by atoms with Gasteiger partial charge in [-0.2, -0.15) is 4.98 Å². The molecule has 1 atom stereocenters. The average Bonchev–Trinajstić information content (AvgIpc) is 2.53. The summed E-state index contributed by atoms with van der Waals surface area (Å²) < 4.78 is 5.07. The van der Waals surface area contributed by atoms with Crippen molar-refractivity contribution in [2.75, 3.05) is 6.54 Å². The van der Waals surface area contributed by atoms with Gasteiger partial charge in [0.2, 0.25) is 5.89 Å². The van der Waals surface area contributed by atoms with Crippen LogP contribution in [0.1, 0.15) is 32.0 Å². The van der Waals surface area contributed by atoms with Crippen molar-refractivity contribution in [3.63, 3.8) is 0 Å². The van der Waals surface area contributed by atoms with Crippen LogP contribution < -0.4 is 5.73 Å². The largest absolute Gasteiger partial charge is 0.339 e. The van der Waals surface area contributed by atoms with E-state index >= 15 is 0 Å². The average molecular weight is 183 g/mol. The summed E-state index contributed by atoms with van der Waals surface area (Å²) in [6, 6.07) is 0. The maximum Gasteiger partial charge on any atom is 0.226 e. The number of hydrogen-bond donors (Lipinski definition) is 1. The van der Waals surface area contributed by atoms with E-state index in [0.717, 1.165) is 24.6 Å². The van der Waals surface area contributed by atoms with E-state index in [9.17, 15) is 0 Å². The highest BCUT2D eigenvalue weighted by atomic mass is 16.5. The van der Waals surface area contributed by atoms with E-state index in [0.29, 0.717) is 18.9 Å².